The lowest BCUT2D eigenvalue weighted by atomic mass is 10.4. The number of hydrogen-bond acceptors (Lipinski definition) is 4. The lowest BCUT2D eigenvalue weighted by molar-refractivity contribution is 1.68. The van der Waals surface area contributed by atoms with Crippen molar-refractivity contribution in [3.63, 3.8) is 0 Å². The SMILES string of the molecule is ClP1(c2ccccc2)=NP(Cl)(c2ccccc2)=NP(Cl)(c2ccccc2)=NP(Cl)(c2ccccc2)=N1. The maximum atomic E-state index is 7.40. The van der Waals surface area contributed by atoms with Crippen LogP contribution in [-0.2, 0) is 0 Å². The highest BCUT2D eigenvalue weighted by atomic mass is 35.7. The van der Waals surface area contributed by atoms with E-state index < -0.39 is 26.2 Å². The van der Waals surface area contributed by atoms with Crippen LogP contribution in [0.2, 0.25) is 0 Å². The largest absolute Gasteiger partial charge is 0.203 e. The Morgan fingerprint density at radius 2 is 0.472 bits per heavy atom. The standard InChI is InChI=1S/C24H20Cl4N4P4/c25-33(21-13-5-1-6-14-21)29-34(26,22-15-7-2-8-16-22)31-36(28,24-19-11-4-12-20-24)32-35(27,30-33)23-17-9-3-10-18-23/h1-20H. The lowest BCUT2D eigenvalue weighted by Crippen LogP contribution is -2.06. The predicted molar refractivity (Wildman–Crippen MR) is 165 cm³/mol. The second kappa shape index (κ2) is 10.6. The molecule has 12 heteroatoms. The van der Waals surface area contributed by atoms with Gasteiger partial charge in [-0.3, -0.25) is 0 Å². The van der Waals surface area contributed by atoms with E-state index in [0.29, 0.717) is 0 Å². The Bertz CT molecular complexity index is 1350. The van der Waals surface area contributed by atoms with Crippen LogP contribution in [0.4, 0.5) is 0 Å². The van der Waals surface area contributed by atoms with Crippen LogP contribution in [-0.4, -0.2) is 0 Å². The summed E-state index contributed by atoms with van der Waals surface area (Å²) in [6.45, 7) is -12.7. The highest BCUT2D eigenvalue weighted by Crippen LogP contribution is 2.82. The van der Waals surface area contributed by atoms with Gasteiger partial charge in [-0.1, -0.05) is 121 Å². The zero-order chi connectivity index (χ0) is 25.3. The summed E-state index contributed by atoms with van der Waals surface area (Å²) in [6, 6.07) is 38.0. The summed E-state index contributed by atoms with van der Waals surface area (Å²) >= 11 is 29.6. The van der Waals surface area contributed by atoms with Gasteiger partial charge in [-0.15, -0.1) is 0 Å². The Kier molecular flexibility index (Phi) is 7.83. The van der Waals surface area contributed by atoms with Crippen LogP contribution in [0.1, 0.15) is 0 Å². The van der Waals surface area contributed by atoms with Gasteiger partial charge in [-0.05, 0) is 45.0 Å². The van der Waals surface area contributed by atoms with Gasteiger partial charge < -0.3 is 0 Å². The Hall–Kier alpha value is -1.04. The van der Waals surface area contributed by atoms with E-state index in [9.17, 15) is 0 Å². The van der Waals surface area contributed by atoms with Crippen LogP contribution in [0.25, 0.3) is 0 Å². The summed E-state index contributed by atoms with van der Waals surface area (Å²) < 4.78 is 20.5. The van der Waals surface area contributed by atoms with Crippen LogP contribution >= 0.6 is 71.2 Å². The van der Waals surface area contributed by atoms with Crippen molar-refractivity contribution in [2.75, 3.05) is 0 Å². The topological polar surface area (TPSA) is 49.4 Å². The minimum absolute atomic E-state index is 0.735. The minimum atomic E-state index is -3.18. The number of nitrogens with zero attached hydrogens (tertiary/aromatic N) is 4. The molecule has 0 saturated heterocycles. The number of halogens is 4. The van der Waals surface area contributed by atoms with Crippen molar-refractivity contribution < 1.29 is 0 Å². The molecule has 4 aromatic carbocycles. The fourth-order valence-electron chi connectivity index (χ4n) is 3.58. The molecule has 184 valence electrons. The van der Waals surface area contributed by atoms with Crippen molar-refractivity contribution in [3.05, 3.63) is 121 Å². The first-order valence-electron chi connectivity index (χ1n) is 10.8. The van der Waals surface area contributed by atoms with Crippen molar-refractivity contribution >= 4 is 92.4 Å². The van der Waals surface area contributed by atoms with Gasteiger partial charge in [0.15, 0.2) is 26.2 Å². The van der Waals surface area contributed by atoms with Crippen LogP contribution in [0.3, 0.4) is 0 Å². The molecule has 0 unspecified atom stereocenters. The van der Waals surface area contributed by atoms with E-state index in [-0.39, 0.29) is 0 Å². The van der Waals surface area contributed by atoms with Gasteiger partial charge in [-0.25, -0.2) is 18.1 Å². The Morgan fingerprint density at radius 3 is 0.639 bits per heavy atom. The molecule has 1 aliphatic rings. The summed E-state index contributed by atoms with van der Waals surface area (Å²) in [5, 5.41) is 2.94. The smallest absolute Gasteiger partial charge is 0.196 e. The molecule has 0 aliphatic carbocycles. The fraction of sp³-hybridized carbons (Fsp3) is 0. The summed E-state index contributed by atoms with van der Waals surface area (Å²) in [7, 11) is 0. The summed E-state index contributed by atoms with van der Waals surface area (Å²) in [5.74, 6) is 0. The monoisotopic (exact) mass is 628 g/mol. The molecule has 0 bridgehead atoms. The zero-order valence-corrected chi connectivity index (χ0v) is 25.2. The van der Waals surface area contributed by atoms with E-state index in [1.807, 2.05) is 121 Å². The van der Waals surface area contributed by atoms with Crippen LogP contribution in [0.5, 0.6) is 0 Å². The normalized spacial score (nSPS) is 29.9. The molecule has 0 amide bonds. The van der Waals surface area contributed by atoms with Crippen molar-refractivity contribution in [3.8, 4) is 0 Å². The molecule has 0 fully saturated rings. The van der Waals surface area contributed by atoms with E-state index >= 15 is 0 Å². The molecule has 0 atom stereocenters. The Labute approximate surface area is 230 Å². The van der Waals surface area contributed by atoms with E-state index in [1.165, 1.54) is 0 Å². The molecule has 5 rings (SSSR count). The van der Waals surface area contributed by atoms with Gasteiger partial charge in [0.25, 0.3) is 0 Å². The minimum Gasteiger partial charge on any atom is -0.203 e. The van der Waals surface area contributed by atoms with Crippen LogP contribution < -0.4 is 21.2 Å². The van der Waals surface area contributed by atoms with E-state index in [1.54, 1.807) is 0 Å². The molecule has 0 aromatic heterocycles. The molecule has 1 aliphatic heterocycles. The first-order valence-corrected chi connectivity index (χ1v) is 21.2. The third-order valence-corrected chi connectivity index (χ3v) is 23.9. The fourth-order valence-corrected chi connectivity index (χ4v) is 25.6. The lowest BCUT2D eigenvalue weighted by Gasteiger charge is -2.28. The third-order valence-electron chi connectivity index (χ3n) is 5.29. The quantitative estimate of drug-likeness (QED) is 0.202. The predicted octanol–water partition coefficient (Wildman–Crippen LogP) is 10.4. The van der Waals surface area contributed by atoms with Crippen LogP contribution in [0.15, 0.2) is 139 Å². The summed E-state index contributed by atoms with van der Waals surface area (Å²) in [4.78, 5) is 0. The molecule has 0 saturated carbocycles. The van der Waals surface area contributed by atoms with Gasteiger partial charge >= 0.3 is 0 Å². The molecular weight excluding hydrogens is 610 g/mol. The molecule has 4 nitrogen and oxygen atoms in total. The zero-order valence-electron chi connectivity index (χ0n) is 18.6. The second-order valence-corrected chi connectivity index (χ2v) is 22.6. The number of rotatable bonds is 4. The average molecular weight is 630 g/mol. The highest BCUT2D eigenvalue weighted by Gasteiger charge is 2.37. The summed E-state index contributed by atoms with van der Waals surface area (Å²) in [6.07, 6.45) is 0. The molecule has 0 radical (unpaired) electrons. The highest BCUT2D eigenvalue weighted by molar-refractivity contribution is 8.14. The molecule has 4 aromatic rings. The van der Waals surface area contributed by atoms with Gasteiger partial charge in [0, 0.05) is 21.2 Å². The number of hydrogen-bond donors (Lipinski definition) is 0. The number of benzene rings is 4. The van der Waals surface area contributed by atoms with Crippen molar-refractivity contribution in [2.24, 2.45) is 18.1 Å². The van der Waals surface area contributed by atoms with Crippen LogP contribution in [0, 0.1) is 0 Å². The summed E-state index contributed by atoms with van der Waals surface area (Å²) in [5.41, 5.74) is 0. The third kappa shape index (κ3) is 5.40. The molecular formula is C24H20Cl4N4P4. The van der Waals surface area contributed by atoms with Gasteiger partial charge in [-0.2, -0.15) is 0 Å². The van der Waals surface area contributed by atoms with Crippen molar-refractivity contribution in [1.29, 1.82) is 0 Å². The Morgan fingerprint density at radius 1 is 0.306 bits per heavy atom. The molecule has 0 spiro atoms. The Balaban J connectivity index is 1.96. The van der Waals surface area contributed by atoms with Gasteiger partial charge in [0.2, 0.25) is 0 Å². The molecule has 36 heavy (non-hydrogen) atoms. The molecule has 1 heterocycles. The maximum absolute atomic E-state index is 7.40. The van der Waals surface area contributed by atoms with Crippen molar-refractivity contribution in [2.45, 2.75) is 0 Å². The van der Waals surface area contributed by atoms with E-state index in [4.69, 9.17) is 63.0 Å². The van der Waals surface area contributed by atoms with E-state index in [2.05, 4.69) is 0 Å². The van der Waals surface area contributed by atoms with E-state index in [0.717, 1.165) is 21.2 Å². The average Bonchev–Trinajstić information content (AvgIpc) is 2.90. The molecule has 0 N–H and O–H groups in total. The first-order chi connectivity index (χ1) is 17.2. The van der Waals surface area contributed by atoms with Gasteiger partial charge in [0.05, 0.1) is 0 Å². The van der Waals surface area contributed by atoms with Gasteiger partial charge in [0.1, 0.15) is 0 Å². The first kappa shape index (κ1) is 26.6. The van der Waals surface area contributed by atoms with Crippen molar-refractivity contribution in [1.82, 2.24) is 0 Å². The maximum Gasteiger partial charge on any atom is 0.196 e. The second-order valence-electron chi connectivity index (χ2n) is 7.80.